The normalized spacial score (nSPS) is 20.6. The maximum absolute atomic E-state index is 13.9. The van der Waals surface area contributed by atoms with Gasteiger partial charge < -0.3 is 14.9 Å². The number of hydrogen-bond donors (Lipinski definition) is 1. The van der Waals surface area contributed by atoms with Crippen LogP contribution in [0.4, 0.5) is 4.39 Å². The lowest BCUT2D eigenvalue weighted by Crippen LogP contribution is -2.43. The third-order valence-electron chi connectivity index (χ3n) is 4.90. The molecule has 2 aromatic carbocycles. The largest absolute Gasteiger partial charge is 0.490 e. The van der Waals surface area contributed by atoms with Crippen LogP contribution in [0.15, 0.2) is 66.1 Å². The average Bonchev–Trinajstić information content (AvgIpc) is 3.38. The number of hydrogen-bond acceptors (Lipinski definition) is 5. The van der Waals surface area contributed by atoms with Crippen LogP contribution in [0.2, 0.25) is 0 Å². The molecule has 0 spiro atoms. The molecule has 28 heavy (non-hydrogen) atoms. The van der Waals surface area contributed by atoms with Gasteiger partial charge in [-0.15, -0.1) is 11.3 Å². The lowest BCUT2D eigenvalue weighted by molar-refractivity contribution is -0.0347. The van der Waals surface area contributed by atoms with E-state index in [9.17, 15) is 4.39 Å². The third-order valence-corrected chi connectivity index (χ3v) is 5.81. The second-order valence-electron chi connectivity index (χ2n) is 6.65. The van der Waals surface area contributed by atoms with Gasteiger partial charge in [-0.3, -0.25) is 0 Å². The van der Waals surface area contributed by atoms with Gasteiger partial charge in [0.05, 0.1) is 23.2 Å². The lowest BCUT2D eigenvalue weighted by Gasteiger charge is -2.39. The highest BCUT2D eigenvalue weighted by atomic mass is 32.1. The van der Waals surface area contributed by atoms with Crippen molar-refractivity contribution in [3.63, 3.8) is 0 Å². The molecule has 0 aliphatic carbocycles. The number of ether oxygens (including phenoxy) is 2. The first-order chi connectivity index (χ1) is 13.7. The summed E-state index contributed by atoms with van der Waals surface area (Å²) in [7, 11) is 0. The van der Waals surface area contributed by atoms with E-state index in [1.807, 2.05) is 42.3 Å². The SMILES string of the molecule is CCOc1cccc2c1OC(c1cccc(F)c1)N1NC(c3cccs3)=CC21. The molecule has 0 fully saturated rings. The fourth-order valence-electron chi connectivity index (χ4n) is 3.72. The number of hydrazine groups is 1. The van der Waals surface area contributed by atoms with Crippen LogP contribution in [0.1, 0.15) is 35.2 Å². The van der Waals surface area contributed by atoms with Crippen LogP contribution in [0, 0.1) is 5.82 Å². The van der Waals surface area contributed by atoms with Gasteiger partial charge >= 0.3 is 0 Å². The maximum atomic E-state index is 13.9. The van der Waals surface area contributed by atoms with Crippen molar-refractivity contribution >= 4 is 17.0 Å². The maximum Gasteiger partial charge on any atom is 0.196 e. The number of nitrogens with zero attached hydrogens (tertiary/aromatic N) is 1. The molecule has 6 heteroatoms. The fraction of sp³-hybridized carbons (Fsp3) is 0.182. The highest BCUT2D eigenvalue weighted by Crippen LogP contribution is 2.49. The van der Waals surface area contributed by atoms with Crippen LogP contribution < -0.4 is 14.9 Å². The Balaban J connectivity index is 1.63. The molecule has 3 heterocycles. The van der Waals surface area contributed by atoms with Gasteiger partial charge in [-0.05, 0) is 42.6 Å². The number of thiophene rings is 1. The number of para-hydroxylation sites is 1. The first kappa shape index (κ1) is 17.3. The van der Waals surface area contributed by atoms with E-state index in [0.717, 1.165) is 21.7 Å². The van der Waals surface area contributed by atoms with Crippen molar-refractivity contribution in [2.45, 2.75) is 19.2 Å². The molecular weight excluding hydrogens is 375 g/mol. The monoisotopic (exact) mass is 394 g/mol. The van der Waals surface area contributed by atoms with Gasteiger partial charge in [-0.2, -0.15) is 5.01 Å². The molecule has 0 saturated carbocycles. The minimum Gasteiger partial charge on any atom is -0.490 e. The summed E-state index contributed by atoms with van der Waals surface area (Å²) in [6, 6.07) is 16.5. The van der Waals surface area contributed by atoms with E-state index in [1.54, 1.807) is 17.4 Å². The predicted octanol–water partition coefficient (Wildman–Crippen LogP) is 5.28. The molecule has 142 valence electrons. The van der Waals surface area contributed by atoms with Gasteiger partial charge in [0.25, 0.3) is 0 Å². The van der Waals surface area contributed by atoms with Crippen molar-refractivity contribution in [2.75, 3.05) is 6.61 Å². The summed E-state index contributed by atoms with van der Waals surface area (Å²) < 4.78 is 26.1. The molecule has 4 nitrogen and oxygen atoms in total. The summed E-state index contributed by atoms with van der Waals surface area (Å²) >= 11 is 1.67. The summed E-state index contributed by atoms with van der Waals surface area (Å²) in [4.78, 5) is 1.15. The van der Waals surface area contributed by atoms with Crippen molar-refractivity contribution < 1.29 is 13.9 Å². The first-order valence-electron chi connectivity index (χ1n) is 9.23. The number of fused-ring (bicyclic) bond motifs is 3. The quantitative estimate of drug-likeness (QED) is 0.653. The molecule has 2 aliphatic rings. The first-order valence-corrected chi connectivity index (χ1v) is 10.1. The molecule has 2 aliphatic heterocycles. The van der Waals surface area contributed by atoms with E-state index < -0.39 is 6.23 Å². The molecule has 2 atom stereocenters. The van der Waals surface area contributed by atoms with E-state index in [-0.39, 0.29) is 11.9 Å². The van der Waals surface area contributed by atoms with Gasteiger partial charge in [-0.25, -0.2) is 4.39 Å². The van der Waals surface area contributed by atoms with Gasteiger partial charge in [0.2, 0.25) is 0 Å². The van der Waals surface area contributed by atoms with Crippen LogP contribution in [0.5, 0.6) is 11.5 Å². The molecule has 5 rings (SSSR count). The Kier molecular flexibility index (Phi) is 4.30. The number of nitrogens with one attached hydrogen (secondary N) is 1. The van der Waals surface area contributed by atoms with Gasteiger partial charge in [0.1, 0.15) is 5.82 Å². The van der Waals surface area contributed by atoms with Crippen molar-refractivity contribution in [3.8, 4) is 11.5 Å². The van der Waals surface area contributed by atoms with Gasteiger partial charge in [0, 0.05) is 11.1 Å². The molecule has 2 unspecified atom stereocenters. The fourth-order valence-corrected chi connectivity index (χ4v) is 4.42. The average molecular weight is 394 g/mol. The predicted molar refractivity (Wildman–Crippen MR) is 107 cm³/mol. The highest BCUT2D eigenvalue weighted by molar-refractivity contribution is 7.11. The molecular formula is C22H19FN2O2S. The Hall–Kier alpha value is -2.83. The highest BCUT2D eigenvalue weighted by Gasteiger charge is 2.41. The smallest absolute Gasteiger partial charge is 0.196 e. The lowest BCUT2D eigenvalue weighted by atomic mass is 10.0. The Bertz CT molecular complexity index is 1030. The molecule has 1 aromatic heterocycles. The van der Waals surface area contributed by atoms with Crippen molar-refractivity contribution in [1.29, 1.82) is 0 Å². The van der Waals surface area contributed by atoms with Crippen molar-refractivity contribution in [2.24, 2.45) is 0 Å². The minimum absolute atomic E-state index is 0.0467. The van der Waals surface area contributed by atoms with Crippen molar-refractivity contribution in [3.05, 3.63) is 87.9 Å². The Morgan fingerprint density at radius 3 is 2.86 bits per heavy atom. The van der Waals surface area contributed by atoms with Gasteiger partial charge in [-0.1, -0.05) is 30.3 Å². The Morgan fingerprint density at radius 1 is 1.18 bits per heavy atom. The topological polar surface area (TPSA) is 33.7 Å². The molecule has 3 aromatic rings. The summed E-state index contributed by atoms with van der Waals surface area (Å²) in [6.45, 7) is 2.50. The number of halogens is 1. The van der Waals surface area contributed by atoms with Crippen LogP contribution >= 0.6 is 11.3 Å². The number of benzene rings is 2. The summed E-state index contributed by atoms with van der Waals surface area (Å²) in [5.74, 6) is 1.14. The minimum atomic E-state index is -0.483. The van der Waals surface area contributed by atoms with E-state index in [1.165, 1.54) is 12.1 Å². The van der Waals surface area contributed by atoms with Gasteiger partial charge in [0.15, 0.2) is 17.7 Å². The molecule has 1 N–H and O–H groups in total. The van der Waals surface area contributed by atoms with Crippen LogP contribution in [0.25, 0.3) is 5.70 Å². The zero-order valence-electron chi connectivity index (χ0n) is 15.3. The van der Waals surface area contributed by atoms with E-state index in [0.29, 0.717) is 18.1 Å². The standard InChI is InChI=1S/C22H19FN2O2S/c1-2-26-19-9-4-8-16-18-13-17(20-10-5-11-28-20)24-25(18)22(27-21(16)19)14-6-3-7-15(23)12-14/h3-13,18,22,24H,2H2,1H3. The van der Waals surface area contributed by atoms with E-state index in [4.69, 9.17) is 9.47 Å². The van der Waals surface area contributed by atoms with E-state index in [2.05, 4.69) is 22.9 Å². The Labute approximate surface area is 166 Å². The second kappa shape index (κ2) is 6.96. The molecule has 0 amide bonds. The molecule has 0 bridgehead atoms. The summed E-state index contributed by atoms with van der Waals surface area (Å²) in [6.07, 6.45) is 1.71. The van der Waals surface area contributed by atoms with Crippen LogP contribution in [-0.2, 0) is 0 Å². The van der Waals surface area contributed by atoms with Crippen LogP contribution in [-0.4, -0.2) is 11.6 Å². The molecule has 0 radical (unpaired) electrons. The van der Waals surface area contributed by atoms with Crippen LogP contribution in [0.3, 0.4) is 0 Å². The zero-order chi connectivity index (χ0) is 19.1. The summed E-state index contributed by atoms with van der Waals surface area (Å²) in [5.41, 5.74) is 6.27. The number of rotatable bonds is 4. The third kappa shape index (κ3) is 2.85. The Morgan fingerprint density at radius 2 is 2.07 bits per heavy atom. The van der Waals surface area contributed by atoms with Crippen molar-refractivity contribution in [1.82, 2.24) is 10.4 Å². The summed E-state index contributed by atoms with van der Waals surface area (Å²) in [5, 5.41) is 4.08. The molecule has 0 saturated heterocycles. The van der Waals surface area contributed by atoms with E-state index >= 15 is 0 Å². The zero-order valence-corrected chi connectivity index (χ0v) is 16.1. The second-order valence-corrected chi connectivity index (χ2v) is 7.60.